The van der Waals surface area contributed by atoms with Crippen LogP contribution in [0.2, 0.25) is 5.02 Å². The molecule has 1 saturated heterocycles. The van der Waals surface area contributed by atoms with Gasteiger partial charge >= 0.3 is 0 Å². The highest BCUT2D eigenvalue weighted by molar-refractivity contribution is 6.30. The lowest BCUT2D eigenvalue weighted by molar-refractivity contribution is 0.191. The van der Waals surface area contributed by atoms with Crippen molar-refractivity contribution in [1.82, 2.24) is 10.2 Å². The van der Waals surface area contributed by atoms with Gasteiger partial charge in [0.1, 0.15) is 0 Å². The van der Waals surface area contributed by atoms with Crippen LogP contribution in [0.5, 0.6) is 0 Å². The van der Waals surface area contributed by atoms with E-state index in [0.29, 0.717) is 6.04 Å². The Morgan fingerprint density at radius 2 is 2.16 bits per heavy atom. The van der Waals surface area contributed by atoms with Gasteiger partial charge in [-0.25, -0.2) is 0 Å². The Hall–Kier alpha value is -0.610. The first kappa shape index (κ1) is 14.8. The maximum Gasteiger partial charge on any atom is 0.0587 e. The highest BCUT2D eigenvalue weighted by Crippen LogP contribution is 2.20. The van der Waals surface area contributed by atoms with Gasteiger partial charge in [-0.05, 0) is 37.1 Å². The predicted molar refractivity (Wildman–Crippen MR) is 79.6 cm³/mol. The molecular formula is C15H23ClN2O. The second kappa shape index (κ2) is 7.85. The number of ether oxygens (including phenoxy) is 1. The molecule has 0 saturated carbocycles. The van der Waals surface area contributed by atoms with E-state index in [2.05, 4.69) is 22.3 Å². The summed E-state index contributed by atoms with van der Waals surface area (Å²) in [6, 6.07) is 8.83. The molecule has 1 fully saturated rings. The van der Waals surface area contributed by atoms with Crippen molar-refractivity contribution in [2.24, 2.45) is 0 Å². The third kappa shape index (κ3) is 4.77. The Bertz CT molecular complexity index is 369. The molecule has 4 heteroatoms. The molecule has 19 heavy (non-hydrogen) atoms. The minimum Gasteiger partial charge on any atom is -0.383 e. The van der Waals surface area contributed by atoms with Gasteiger partial charge < -0.3 is 10.1 Å². The van der Waals surface area contributed by atoms with Gasteiger partial charge in [0, 0.05) is 37.8 Å². The van der Waals surface area contributed by atoms with E-state index in [0.717, 1.165) is 31.3 Å². The van der Waals surface area contributed by atoms with Gasteiger partial charge in [0.05, 0.1) is 6.61 Å². The standard InChI is InChI=1S/C15H23ClN2O/c1-19-10-8-17-11-15-3-2-9-18(15)12-13-4-6-14(16)7-5-13/h4-7,15,17H,2-3,8-12H2,1H3. The lowest BCUT2D eigenvalue weighted by atomic mass is 10.2. The molecule has 0 amide bonds. The molecule has 0 radical (unpaired) electrons. The molecule has 1 aliphatic rings. The van der Waals surface area contributed by atoms with E-state index in [4.69, 9.17) is 16.3 Å². The van der Waals surface area contributed by atoms with Crippen LogP contribution in [0.1, 0.15) is 18.4 Å². The number of nitrogens with one attached hydrogen (secondary N) is 1. The van der Waals surface area contributed by atoms with Crippen molar-refractivity contribution in [3.63, 3.8) is 0 Å². The van der Waals surface area contributed by atoms with Gasteiger partial charge in [-0.2, -0.15) is 0 Å². The molecule has 0 spiro atoms. The summed E-state index contributed by atoms with van der Waals surface area (Å²) in [4.78, 5) is 2.56. The average molecular weight is 283 g/mol. The highest BCUT2D eigenvalue weighted by Gasteiger charge is 2.23. The van der Waals surface area contributed by atoms with E-state index in [9.17, 15) is 0 Å². The van der Waals surface area contributed by atoms with Crippen LogP contribution in [0.4, 0.5) is 0 Å². The number of rotatable bonds is 7. The van der Waals surface area contributed by atoms with Crippen molar-refractivity contribution < 1.29 is 4.74 Å². The minimum atomic E-state index is 0.646. The summed E-state index contributed by atoms with van der Waals surface area (Å²) >= 11 is 5.92. The Balaban J connectivity index is 1.79. The zero-order valence-electron chi connectivity index (χ0n) is 11.6. The fourth-order valence-electron chi connectivity index (χ4n) is 2.60. The maximum absolute atomic E-state index is 5.92. The summed E-state index contributed by atoms with van der Waals surface area (Å²) in [7, 11) is 1.74. The predicted octanol–water partition coefficient (Wildman–Crippen LogP) is 2.54. The quantitative estimate of drug-likeness (QED) is 0.778. The number of benzene rings is 1. The fraction of sp³-hybridized carbons (Fsp3) is 0.600. The molecule has 1 aromatic rings. The zero-order chi connectivity index (χ0) is 13.5. The molecule has 1 unspecified atom stereocenters. The van der Waals surface area contributed by atoms with Gasteiger partial charge in [0.15, 0.2) is 0 Å². The number of likely N-dealkylation sites (tertiary alicyclic amines) is 1. The number of methoxy groups -OCH3 is 1. The summed E-state index contributed by atoms with van der Waals surface area (Å²) < 4.78 is 5.05. The molecule has 1 aromatic carbocycles. The van der Waals surface area contributed by atoms with Crippen LogP contribution in [0.3, 0.4) is 0 Å². The molecule has 3 nitrogen and oxygen atoms in total. The van der Waals surface area contributed by atoms with E-state index in [1.54, 1.807) is 7.11 Å². The molecule has 0 aliphatic carbocycles. The van der Waals surface area contributed by atoms with Gasteiger partial charge in [0.25, 0.3) is 0 Å². The van der Waals surface area contributed by atoms with Crippen molar-refractivity contribution in [2.75, 3.05) is 33.4 Å². The Morgan fingerprint density at radius 1 is 1.37 bits per heavy atom. The van der Waals surface area contributed by atoms with Crippen molar-refractivity contribution >= 4 is 11.6 Å². The van der Waals surface area contributed by atoms with Crippen LogP contribution in [0.15, 0.2) is 24.3 Å². The topological polar surface area (TPSA) is 24.5 Å². The van der Waals surface area contributed by atoms with Crippen LogP contribution in [0, 0.1) is 0 Å². The van der Waals surface area contributed by atoms with Crippen molar-refractivity contribution in [2.45, 2.75) is 25.4 Å². The van der Waals surface area contributed by atoms with E-state index >= 15 is 0 Å². The van der Waals surface area contributed by atoms with Crippen molar-refractivity contribution in [3.05, 3.63) is 34.9 Å². The summed E-state index contributed by atoms with van der Waals surface area (Å²) in [6.07, 6.45) is 2.58. The monoisotopic (exact) mass is 282 g/mol. The normalized spacial score (nSPS) is 20.0. The Labute approximate surface area is 120 Å². The summed E-state index contributed by atoms with van der Waals surface area (Å²) in [5.41, 5.74) is 1.34. The van der Waals surface area contributed by atoms with Crippen LogP contribution in [-0.2, 0) is 11.3 Å². The van der Waals surface area contributed by atoms with E-state index in [-0.39, 0.29) is 0 Å². The molecule has 1 aliphatic heterocycles. The van der Waals surface area contributed by atoms with Gasteiger partial charge in [-0.15, -0.1) is 0 Å². The molecule has 1 N–H and O–H groups in total. The van der Waals surface area contributed by atoms with Crippen LogP contribution in [0.25, 0.3) is 0 Å². The second-order valence-corrected chi connectivity index (χ2v) is 5.53. The summed E-state index contributed by atoms with van der Waals surface area (Å²) in [6.45, 7) is 4.98. The Morgan fingerprint density at radius 3 is 2.89 bits per heavy atom. The van der Waals surface area contributed by atoms with Gasteiger partial charge in [-0.1, -0.05) is 23.7 Å². The lowest BCUT2D eigenvalue weighted by Crippen LogP contribution is -2.38. The van der Waals surface area contributed by atoms with E-state index < -0.39 is 0 Å². The Kier molecular flexibility index (Phi) is 6.11. The molecular weight excluding hydrogens is 260 g/mol. The maximum atomic E-state index is 5.92. The average Bonchev–Trinajstić information content (AvgIpc) is 2.85. The number of halogens is 1. The largest absolute Gasteiger partial charge is 0.383 e. The molecule has 0 aromatic heterocycles. The molecule has 1 atom stereocenters. The second-order valence-electron chi connectivity index (χ2n) is 5.09. The molecule has 106 valence electrons. The number of hydrogen-bond acceptors (Lipinski definition) is 3. The SMILES string of the molecule is COCCNCC1CCCN1Cc1ccc(Cl)cc1. The molecule has 2 rings (SSSR count). The van der Waals surface area contributed by atoms with Crippen LogP contribution < -0.4 is 5.32 Å². The number of nitrogens with zero attached hydrogens (tertiary/aromatic N) is 1. The van der Waals surface area contributed by atoms with Crippen molar-refractivity contribution in [1.29, 1.82) is 0 Å². The summed E-state index contributed by atoms with van der Waals surface area (Å²) in [5.74, 6) is 0. The summed E-state index contributed by atoms with van der Waals surface area (Å²) in [5, 5.41) is 4.27. The first-order valence-corrected chi connectivity index (χ1v) is 7.35. The lowest BCUT2D eigenvalue weighted by Gasteiger charge is -2.24. The van der Waals surface area contributed by atoms with E-state index in [1.807, 2.05) is 12.1 Å². The third-order valence-corrected chi connectivity index (χ3v) is 3.91. The number of hydrogen-bond donors (Lipinski definition) is 1. The third-order valence-electron chi connectivity index (χ3n) is 3.66. The van der Waals surface area contributed by atoms with Gasteiger partial charge in [0.2, 0.25) is 0 Å². The zero-order valence-corrected chi connectivity index (χ0v) is 12.3. The first-order valence-electron chi connectivity index (χ1n) is 6.98. The fourth-order valence-corrected chi connectivity index (χ4v) is 2.73. The van der Waals surface area contributed by atoms with Crippen molar-refractivity contribution in [3.8, 4) is 0 Å². The minimum absolute atomic E-state index is 0.646. The van der Waals surface area contributed by atoms with E-state index in [1.165, 1.54) is 24.9 Å². The highest BCUT2D eigenvalue weighted by atomic mass is 35.5. The first-order chi connectivity index (χ1) is 9.29. The van der Waals surface area contributed by atoms with Crippen LogP contribution >= 0.6 is 11.6 Å². The van der Waals surface area contributed by atoms with Gasteiger partial charge in [-0.3, -0.25) is 4.90 Å². The molecule has 0 bridgehead atoms. The van der Waals surface area contributed by atoms with Crippen LogP contribution in [-0.4, -0.2) is 44.3 Å². The smallest absolute Gasteiger partial charge is 0.0587 e. The molecule has 1 heterocycles.